The van der Waals surface area contributed by atoms with E-state index in [1.807, 2.05) is 35.2 Å². The van der Waals surface area contributed by atoms with E-state index < -0.39 is 0 Å². The number of amides is 1. The standard InChI is InChI=1S/C19H20N2O3.ClH/c20-16-12-21(11-15(16)13-5-2-1-3-6-13)19(22)14-7-4-8-17-18(14)24-10-9-23-17;/h1-8,15-16H,9-12,20H2;1H/t15-,16+;/m0./s1. The molecule has 2 aromatic rings. The molecule has 0 radical (unpaired) electrons. The second-order valence-electron chi connectivity index (χ2n) is 6.22. The highest BCUT2D eigenvalue weighted by Crippen LogP contribution is 2.35. The Morgan fingerprint density at radius 2 is 1.76 bits per heavy atom. The van der Waals surface area contributed by atoms with Crippen LogP contribution in [0.2, 0.25) is 0 Å². The summed E-state index contributed by atoms with van der Waals surface area (Å²) in [7, 11) is 0. The van der Waals surface area contributed by atoms with Gasteiger partial charge in [-0.05, 0) is 17.7 Å². The van der Waals surface area contributed by atoms with Gasteiger partial charge in [-0.25, -0.2) is 0 Å². The average molecular weight is 361 g/mol. The summed E-state index contributed by atoms with van der Waals surface area (Å²) in [6, 6.07) is 15.5. The van der Waals surface area contributed by atoms with Gasteiger partial charge in [-0.1, -0.05) is 36.4 Å². The van der Waals surface area contributed by atoms with E-state index >= 15 is 0 Å². The fourth-order valence-electron chi connectivity index (χ4n) is 3.46. The number of carbonyl (C=O) groups is 1. The van der Waals surface area contributed by atoms with Crippen molar-refractivity contribution in [3.05, 3.63) is 59.7 Å². The molecule has 132 valence electrons. The monoisotopic (exact) mass is 360 g/mol. The number of hydrogen-bond donors (Lipinski definition) is 1. The molecule has 1 saturated heterocycles. The first kappa shape index (κ1) is 17.6. The smallest absolute Gasteiger partial charge is 0.257 e. The van der Waals surface area contributed by atoms with Crippen LogP contribution in [0.4, 0.5) is 0 Å². The fraction of sp³-hybridized carbons (Fsp3) is 0.316. The SMILES string of the molecule is Cl.N[C@@H]1CN(C(=O)c2cccc3c2OCCO3)C[C@H]1c1ccccc1. The number of fused-ring (bicyclic) bond motifs is 1. The van der Waals surface area contributed by atoms with Gasteiger partial charge in [-0.15, -0.1) is 12.4 Å². The number of carbonyl (C=O) groups excluding carboxylic acids is 1. The van der Waals surface area contributed by atoms with Gasteiger partial charge in [0.25, 0.3) is 5.91 Å². The molecule has 1 amide bonds. The summed E-state index contributed by atoms with van der Waals surface area (Å²) < 4.78 is 11.2. The van der Waals surface area contributed by atoms with Crippen LogP contribution in [0, 0.1) is 0 Å². The largest absolute Gasteiger partial charge is 0.486 e. The fourth-order valence-corrected chi connectivity index (χ4v) is 3.46. The molecule has 2 N–H and O–H groups in total. The van der Waals surface area contributed by atoms with Gasteiger partial charge >= 0.3 is 0 Å². The second-order valence-corrected chi connectivity index (χ2v) is 6.22. The number of ether oxygens (including phenoxy) is 2. The quantitative estimate of drug-likeness (QED) is 0.893. The van der Waals surface area contributed by atoms with E-state index in [4.69, 9.17) is 15.2 Å². The van der Waals surface area contributed by atoms with Crippen molar-refractivity contribution in [2.45, 2.75) is 12.0 Å². The first-order valence-corrected chi connectivity index (χ1v) is 8.22. The number of halogens is 1. The van der Waals surface area contributed by atoms with Gasteiger partial charge in [0.05, 0.1) is 5.56 Å². The lowest BCUT2D eigenvalue weighted by molar-refractivity contribution is 0.0778. The number of rotatable bonds is 2. The Balaban J connectivity index is 0.00000182. The number of nitrogens with two attached hydrogens (primary N) is 1. The summed E-state index contributed by atoms with van der Waals surface area (Å²) in [5, 5.41) is 0. The van der Waals surface area contributed by atoms with Gasteiger partial charge in [0.2, 0.25) is 0 Å². The molecule has 2 atom stereocenters. The van der Waals surface area contributed by atoms with Crippen molar-refractivity contribution in [1.82, 2.24) is 4.90 Å². The average Bonchev–Trinajstić information content (AvgIpc) is 3.03. The van der Waals surface area contributed by atoms with E-state index in [1.54, 1.807) is 6.07 Å². The minimum atomic E-state index is -0.0620. The Hall–Kier alpha value is -2.24. The highest BCUT2D eigenvalue weighted by Gasteiger charge is 2.35. The molecule has 6 heteroatoms. The van der Waals surface area contributed by atoms with Crippen molar-refractivity contribution < 1.29 is 14.3 Å². The van der Waals surface area contributed by atoms with Crippen LogP contribution >= 0.6 is 12.4 Å². The molecule has 0 spiro atoms. The second kappa shape index (κ2) is 7.33. The van der Waals surface area contributed by atoms with E-state index in [2.05, 4.69) is 12.1 Å². The molecule has 0 aromatic heterocycles. The summed E-state index contributed by atoms with van der Waals surface area (Å²) >= 11 is 0. The van der Waals surface area contributed by atoms with E-state index in [1.165, 1.54) is 5.56 Å². The van der Waals surface area contributed by atoms with E-state index in [-0.39, 0.29) is 30.3 Å². The number of nitrogens with zero attached hydrogens (tertiary/aromatic N) is 1. The van der Waals surface area contributed by atoms with Crippen LogP contribution in [-0.4, -0.2) is 43.2 Å². The lowest BCUT2D eigenvalue weighted by Gasteiger charge is -2.23. The Morgan fingerprint density at radius 1 is 1.00 bits per heavy atom. The predicted octanol–water partition coefficient (Wildman–Crippen LogP) is 2.45. The van der Waals surface area contributed by atoms with Crippen LogP contribution in [0.1, 0.15) is 21.8 Å². The molecule has 0 unspecified atom stereocenters. The van der Waals surface area contributed by atoms with Gasteiger partial charge in [0.1, 0.15) is 13.2 Å². The van der Waals surface area contributed by atoms with Crippen LogP contribution in [0.3, 0.4) is 0 Å². The first-order chi connectivity index (χ1) is 11.7. The first-order valence-electron chi connectivity index (χ1n) is 8.22. The molecule has 2 aromatic carbocycles. The van der Waals surface area contributed by atoms with E-state index in [9.17, 15) is 4.79 Å². The molecule has 0 bridgehead atoms. The summed E-state index contributed by atoms with van der Waals surface area (Å²) in [5.41, 5.74) is 8.03. The highest BCUT2D eigenvalue weighted by atomic mass is 35.5. The van der Waals surface area contributed by atoms with Crippen molar-refractivity contribution in [2.24, 2.45) is 5.73 Å². The molecule has 25 heavy (non-hydrogen) atoms. The molecular formula is C19H21ClN2O3. The van der Waals surface area contributed by atoms with Crippen LogP contribution in [0.25, 0.3) is 0 Å². The molecule has 2 aliphatic heterocycles. The summed E-state index contributed by atoms with van der Waals surface area (Å²) in [5.74, 6) is 1.29. The van der Waals surface area contributed by atoms with Crippen molar-refractivity contribution in [3.63, 3.8) is 0 Å². The zero-order valence-corrected chi connectivity index (χ0v) is 14.6. The topological polar surface area (TPSA) is 64.8 Å². The number of hydrogen-bond acceptors (Lipinski definition) is 4. The Kier molecular flexibility index (Phi) is 5.16. The maximum Gasteiger partial charge on any atom is 0.257 e. The molecule has 5 nitrogen and oxygen atoms in total. The molecule has 2 heterocycles. The van der Waals surface area contributed by atoms with Crippen LogP contribution in [0.5, 0.6) is 11.5 Å². The van der Waals surface area contributed by atoms with Crippen LogP contribution in [-0.2, 0) is 0 Å². The number of likely N-dealkylation sites (tertiary alicyclic amines) is 1. The third-order valence-corrected chi connectivity index (χ3v) is 4.68. The van der Waals surface area contributed by atoms with Gasteiger partial charge < -0.3 is 20.1 Å². The normalized spacial score (nSPS) is 21.6. The minimum absolute atomic E-state index is 0. The van der Waals surface area contributed by atoms with Gasteiger partial charge in [0, 0.05) is 25.0 Å². The Morgan fingerprint density at radius 3 is 2.56 bits per heavy atom. The molecule has 4 rings (SSSR count). The maximum atomic E-state index is 13.0. The third kappa shape index (κ3) is 3.30. The van der Waals surface area contributed by atoms with Gasteiger partial charge in [0.15, 0.2) is 11.5 Å². The predicted molar refractivity (Wildman–Crippen MR) is 97.7 cm³/mol. The molecular weight excluding hydrogens is 340 g/mol. The lowest BCUT2D eigenvalue weighted by Crippen LogP contribution is -2.32. The summed E-state index contributed by atoms with van der Waals surface area (Å²) in [6.07, 6.45) is 0. The van der Waals surface area contributed by atoms with Crippen molar-refractivity contribution in [3.8, 4) is 11.5 Å². The highest BCUT2D eigenvalue weighted by molar-refractivity contribution is 5.98. The Labute approximate surface area is 153 Å². The van der Waals surface area contributed by atoms with Gasteiger partial charge in [-0.2, -0.15) is 0 Å². The van der Waals surface area contributed by atoms with Crippen LogP contribution < -0.4 is 15.2 Å². The molecule has 0 saturated carbocycles. The molecule has 0 aliphatic carbocycles. The third-order valence-electron chi connectivity index (χ3n) is 4.68. The molecule has 1 fully saturated rings. The van der Waals surface area contributed by atoms with E-state index in [0.29, 0.717) is 43.4 Å². The van der Waals surface area contributed by atoms with Gasteiger partial charge in [-0.3, -0.25) is 4.79 Å². The maximum absolute atomic E-state index is 13.0. The zero-order chi connectivity index (χ0) is 16.5. The van der Waals surface area contributed by atoms with Crippen molar-refractivity contribution in [2.75, 3.05) is 26.3 Å². The number of benzene rings is 2. The zero-order valence-electron chi connectivity index (χ0n) is 13.8. The van der Waals surface area contributed by atoms with Crippen molar-refractivity contribution in [1.29, 1.82) is 0 Å². The lowest BCUT2D eigenvalue weighted by atomic mass is 9.95. The van der Waals surface area contributed by atoms with E-state index in [0.717, 1.165) is 0 Å². The number of para-hydroxylation sites is 1. The summed E-state index contributed by atoms with van der Waals surface area (Å²) in [4.78, 5) is 14.8. The Bertz CT molecular complexity index is 754. The minimum Gasteiger partial charge on any atom is -0.486 e. The summed E-state index contributed by atoms with van der Waals surface area (Å²) in [6.45, 7) is 2.14. The van der Waals surface area contributed by atoms with Crippen LogP contribution in [0.15, 0.2) is 48.5 Å². The molecule has 2 aliphatic rings. The van der Waals surface area contributed by atoms with Crippen molar-refractivity contribution >= 4 is 18.3 Å².